The van der Waals surface area contributed by atoms with Crippen LogP contribution in [0.1, 0.15) is 30.9 Å². The van der Waals surface area contributed by atoms with Gasteiger partial charge in [-0.05, 0) is 29.9 Å². The van der Waals surface area contributed by atoms with Crippen LogP contribution in [0.2, 0.25) is 0 Å². The fraction of sp³-hybridized carbons (Fsp3) is 0.533. The fourth-order valence-corrected chi connectivity index (χ4v) is 2.50. The molecule has 1 saturated heterocycles. The second-order valence-electron chi connectivity index (χ2n) is 5.28. The summed E-state index contributed by atoms with van der Waals surface area (Å²) in [7, 11) is 0. The maximum Gasteiger partial charge on any atom is 0.226 e. The molecule has 18 heavy (non-hydrogen) atoms. The van der Waals surface area contributed by atoms with Gasteiger partial charge in [0.25, 0.3) is 0 Å². The van der Waals surface area contributed by atoms with Gasteiger partial charge in [0.15, 0.2) is 0 Å². The normalized spacial score (nSPS) is 19.9. The van der Waals surface area contributed by atoms with Gasteiger partial charge in [-0.25, -0.2) is 0 Å². The van der Waals surface area contributed by atoms with Crippen molar-refractivity contribution in [2.45, 2.75) is 32.7 Å². The number of carbonyl (C=O) groups excluding carboxylic acids is 1. The molecule has 1 fully saturated rings. The molecule has 2 rings (SSSR count). The largest absolute Gasteiger partial charge is 0.342 e. The van der Waals surface area contributed by atoms with Crippen molar-refractivity contribution in [3.8, 4) is 0 Å². The average molecular weight is 246 g/mol. The molecule has 3 heteroatoms. The van der Waals surface area contributed by atoms with E-state index in [4.69, 9.17) is 5.73 Å². The molecule has 1 aromatic rings. The minimum absolute atomic E-state index is 0.252. The van der Waals surface area contributed by atoms with E-state index in [1.807, 2.05) is 29.2 Å². The van der Waals surface area contributed by atoms with Crippen molar-refractivity contribution in [2.75, 3.05) is 13.1 Å². The van der Waals surface area contributed by atoms with Crippen molar-refractivity contribution in [1.29, 1.82) is 0 Å². The Morgan fingerprint density at radius 3 is 2.61 bits per heavy atom. The molecule has 0 aromatic heterocycles. The van der Waals surface area contributed by atoms with Gasteiger partial charge in [0.05, 0.1) is 6.42 Å². The maximum atomic E-state index is 12.2. The Morgan fingerprint density at radius 2 is 2.00 bits per heavy atom. The third kappa shape index (κ3) is 3.33. The second-order valence-corrected chi connectivity index (χ2v) is 5.28. The smallest absolute Gasteiger partial charge is 0.226 e. The van der Waals surface area contributed by atoms with Crippen molar-refractivity contribution in [2.24, 2.45) is 11.7 Å². The minimum atomic E-state index is 0.252. The summed E-state index contributed by atoms with van der Waals surface area (Å²) in [6.07, 6.45) is 2.89. The van der Waals surface area contributed by atoms with Crippen LogP contribution in [0.4, 0.5) is 0 Å². The number of hydrogen-bond donors (Lipinski definition) is 1. The fourth-order valence-electron chi connectivity index (χ4n) is 2.50. The van der Waals surface area contributed by atoms with E-state index in [0.29, 0.717) is 18.9 Å². The van der Waals surface area contributed by atoms with E-state index in [1.165, 1.54) is 6.42 Å². The zero-order valence-corrected chi connectivity index (χ0v) is 11.1. The molecule has 1 amide bonds. The summed E-state index contributed by atoms with van der Waals surface area (Å²) in [5.41, 5.74) is 7.75. The Morgan fingerprint density at radius 1 is 1.33 bits per heavy atom. The highest BCUT2D eigenvalue weighted by atomic mass is 16.2. The number of benzene rings is 1. The van der Waals surface area contributed by atoms with Crippen LogP contribution in [-0.4, -0.2) is 23.9 Å². The van der Waals surface area contributed by atoms with E-state index < -0.39 is 0 Å². The summed E-state index contributed by atoms with van der Waals surface area (Å²) in [5.74, 6) is 0.893. The molecule has 0 saturated carbocycles. The van der Waals surface area contributed by atoms with Crippen molar-refractivity contribution >= 4 is 5.91 Å². The van der Waals surface area contributed by atoms with E-state index in [9.17, 15) is 4.79 Å². The van der Waals surface area contributed by atoms with Gasteiger partial charge in [0.1, 0.15) is 0 Å². The average Bonchev–Trinajstić information content (AvgIpc) is 2.39. The molecule has 0 bridgehead atoms. The van der Waals surface area contributed by atoms with E-state index in [-0.39, 0.29) is 5.91 Å². The van der Waals surface area contributed by atoms with Gasteiger partial charge >= 0.3 is 0 Å². The van der Waals surface area contributed by atoms with E-state index in [2.05, 4.69) is 6.92 Å². The zero-order valence-electron chi connectivity index (χ0n) is 11.1. The summed E-state index contributed by atoms with van der Waals surface area (Å²) in [5, 5.41) is 0. The molecule has 1 unspecified atom stereocenters. The van der Waals surface area contributed by atoms with Gasteiger partial charge in [-0.1, -0.05) is 31.2 Å². The van der Waals surface area contributed by atoms with Crippen LogP contribution in [0.25, 0.3) is 0 Å². The summed E-state index contributed by atoms with van der Waals surface area (Å²) in [6.45, 7) is 4.61. The molecule has 0 aliphatic carbocycles. The van der Waals surface area contributed by atoms with Gasteiger partial charge in [-0.15, -0.1) is 0 Å². The first kappa shape index (κ1) is 13.1. The lowest BCUT2D eigenvalue weighted by molar-refractivity contribution is -0.132. The molecule has 3 nitrogen and oxygen atoms in total. The number of carbonyl (C=O) groups is 1. The lowest BCUT2D eigenvalue weighted by atomic mass is 9.99. The molecule has 1 atom stereocenters. The molecule has 1 aromatic carbocycles. The standard InChI is InChI=1S/C15H22N2O/c1-12-3-2-8-17(11-12)15(18)9-13-4-6-14(10-16)7-5-13/h4-7,12H,2-3,8-11,16H2,1H3. The first-order valence-corrected chi connectivity index (χ1v) is 6.74. The van der Waals surface area contributed by atoms with Crippen LogP contribution in [0.5, 0.6) is 0 Å². The summed E-state index contributed by atoms with van der Waals surface area (Å²) in [4.78, 5) is 14.2. The number of likely N-dealkylation sites (tertiary alicyclic amines) is 1. The molecule has 1 heterocycles. The Balaban J connectivity index is 1.93. The molecule has 2 N–H and O–H groups in total. The highest BCUT2D eigenvalue weighted by Crippen LogP contribution is 2.16. The molecule has 98 valence electrons. The number of nitrogens with two attached hydrogens (primary N) is 1. The van der Waals surface area contributed by atoms with Crippen LogP contribution in [-0.2, 0) is 17.8 Å². The summed E-state index contributed by atoms with van der Waals surface area (Å²) >= 11 is 0. The molecule has 0 spiro atoms. The highest BCUT2D eigenvalue weighted by molar-refractivity contribution is 5.78. The van der Waals surface area contributed by atoms with E-state index in [1.54, 1.807) is 0 Å². The van der Waals surface area contributed by atoms with Crippen LogP contribution in [0, 0.1) is 5.92 Å². The quantitative estimate of drug-likeness (QED) is 0.886. The van der Waals surface area contributed by atoms with Gasteiger partial charge in [-0.3, -0.25) is 4.79 Å². The third-order valence-corrected chi connectivity index (χ3v) is 3.62. The SMILES string of the molecule is CC1CCCN(C(=O)Cc2ccc(CN)cc2)C1. The van der Waals surface area contributed by atoms with Crippen LogP contribution < -0.4 is 5.73 Å². The van der Waals surface area contributed by atoms with E-state index >= 15 is 0 Å². The summed E-state index contributed by atoms with van der Waals surface area (Å²) in [6, 6.07) is 8.02. The number of rotatable bonds is 3. The Kier molecular flexibility index (Phi) is 4.37. The molecule has 1 aliphatic heterocycles. The molecule has 1 aliphatic rings. The Hall–Kier alpha value is -1.35. The Bertz CT molecular complexity index is 399. The van der Waals surface area contributed by atoms with Crippen molar-refractivity contribution in [3.05, 3.63) is 35.4 Å². The highest BCUT2D eigenvalue weighted by Gasteiger charge is 2.20. The predicted octanol–water partition coefficient (Wildman–Crippen LogP) is 1.95. The van der Waals surface area contributed by atoms with Crippen LogP contribution >= 0.6 is 0 Å². The number of amides is 1. The van der Waals surface area contributed by atoms with Gasteiger partial charge in [0, 0.05) is 19.6 Å². The second kappa shape index (κ2) is 6.01. The monoisotopic (exact) mass is 246 g/mol. The summed E-state index contributed by atoms with van der Waals surface area (Å²) < 4.78 is 0. The Labute approximate surface area is 109 Å². The number of nitrogens with zero attached hydrogens (tertiary/aromatic N) is 1. The van der Waals surface area contributed by atoms with Gasteiger partial charge in [0.2, 0.25) is 5.91 Å². The third-order valence-electron chi connectivity index (χ3n) is 3.62. The first-order valence-electron chi connectivity index (χ1n) is 6.74. The molecule has 0 radical (unpaired) electrons. The van der Waals surface area contributed by atoms with E-state index in [0.717, 1.165) is 30.6 Å². The lowest BCUT2D eigenvalue weighted by Gasteiger charge is -2.31. The first-order chi connectivity index (χ1) is 8.69. The van der Waals surface area contributed by atoms with Crippen LogP contribution in [0.15, 0.2) is 24.3 Å². The molecular weight excluding hydrogens is 224 g/mol. The predicted molar refractivity (Wildman–Crippen MR) is 73.0 cm³/mol. The zero-order chi connectivity index (χ0) is 13.0. The van der Waals surface area contributed by atoms with Gasteiger partial charge < -0.3 is 10.6 Å². The van der Waals surface area contributed by atoms with Crippen molar-refractivity contribution in [1.82, 2.24) is 4.90 Å². The van der Waals surface area contributed by atoms with Crippen molar-refractivity contribution < 1.29 is 4.79 Å². The van der Waals surface area contributed by atoms with Crippen LogP contribution in [0.3, 0.4) is 0 Å². The topological polar surface area (TPSA) is 46.3 Å². The molecular formula is C15H22N2O. The lowest BCUT2D eigenvalue weighted by Crippen LogP contribution is -2.39. The van der Waals surface area contributed by atoms with Gasteiger partial charge in [-0.2, -0.15) is 0 Å². The van der Waals surface area contributed by atoms with Crippen molar-refractivity contribution in [3.63, 3.8) is 0 Å². The minimum Gasteiger partial charge on any atom is -0.342 e. The number of hydrogen-bond acceptors (Lipinski definition) is 2. The maximum absolute atomic E-state index is 12.2. The number of piperidine rings is 1.